The molecule has 0 spiro atoms. The monoisotopic (exact) mass is 276 g/mol. The van der Waals surface area contributed by atoms with Crippen LogP contribution in [0.1, 0.15) is 5.56 Å². The second-order valence-electron chi connectivity index (χ2n) is 3.99. The number of hydrogen-bond donors (Lipinski definition) is 0. The van der Waals surface area contributed by atoms with Gasteiger partial charge < -0.3 is 9.47 Å². The van der Waals surface area contributed by atoms with Crippen LogP contribution in [0.25, 0.3) is 0 Å². The number of hydrogen-bond acceptors (Lipinski definition) is 3. The second-order valence-corrected chi connectivity index (χ2v) is 4.25. The Morgan fingerprint density at radius 2 is 2.26 bits per heavy atom. The highest BCUT2D eigenvalue weighted by atomic mass is 35.5. The van der Waals surface area contributed by atoms with Crippen molar-refractivity contribution in [3.05, 3.63) is 59.4 Å². The van der Waals surface area contributed by atoms with Crippen LogP contribution in [-0.4, -0.2) is 19.2 Å². The largest absolute Gasteiger partial charge is 0.497 e. The molecule has 1 aromatic rings. The third kappa shape index (κ3) is 3.28. The van der Waals surface area contributed by atoms with Gasteiger partial charge in [-0.15, -0.1) is 11.6 Å². The van der Waals surface area contributed by atoms with E-state index in [2.05, 4.69) is 0 Å². The van der Waals surface area contributed by atoms with Crippen LogP contribution in [0.2, 0.25) is 0 Å². The maximum Gasteiger partial charge on any atom is 0.153 e. The average molecular weight is 277 g/mol. The van der Waals surface area contributed by atoms with Crippen molar-refractivity contribution in [2.45, 2.75) is 12.0 Å². The van der Waals surface area contributed by atoms with Gasteiger partial charge >= 0.3 is 0 Å². The molecule has 3 nitrogen and oxygen atoms in total. The summed E-state index contributed by atoms with van der Waals surface area (Å²) in [6.07, 6.45) is 4.67. The first-order valence-electron chi connectivity index (χ1n) is 5.77. The van der Waals surface area contributed by atoms with Gasteiger partial charge in [-0.1, -0.05) is 12.1 Å². The molecule has 1 unspecified atom stereocenters. The predicted molar refractivity (Wildman–Crippen MR) is 73.9 cm³/mol. The summed E-state index contributed by atoms with van der Waals surface area (Å²) < 4.78 is 10.8. The summed E-state index contributed by atoms with van der Waals surface area (Å²) in [5.74, 6) is 3.56. The summed E-state index contributed by atoms with van der Waals surface area (Å²) in [6, 6.07) is 7.44. The molecule has 0 bridgehead atoms. The average Bonchev–Trinajstić information content (AvgIpc) is 2.48. The lowest BCUT2D eigenvalue weighted by atomic mass is 10.1. The molecule has 0 saturated heterocycles. The number of allylic oxidation sites excluding steroid dienone is 1. The van der Waals surface area contributed by atoms with Crippen LogP contribution < -0.4 is 4.74 Å². The van der Waals surface area contributed by atoms with Gasteiger partial charge in [-0.3, -0.25) is 0 Å². The first-order valence-corrected chi connectivity index (χ1v) is 6.30. The van der Waals surface area contributed by atoms with Crippen LogP contribution in [0.4, 0.5) is 0 Å². The van der Waals surface area contributed by atoms with Crippen LogP contribution in [0.15, 0.2) is 53.8 Å². The number of halogens is 1. The van der Waals surface area contributed by atoms with E-state index in [-0.39, 0.29) is 0 Å². The van der Waals surface area contributed by atoms with Gasteiger partial charge in [-0.25, -0.2) is 4.79 Å². The predicted octanol–water partition coefficient (Wildman–Crippen LogP) is 3.03. The Bertz CT molecular complexity index is 569. The third-order valence-corrected chi connectivity index (χ3v) is 3.02. The number of carbonyl (C=O) groups excluding carboxylic acids is 1. The van der Waals surface area contributed by atoms with Gasteiger partial charge in [0.1, 0.15) is 17.5 Å². The molecule has 0 aromatic heterocycles. The molecular formula is C15H13ClO3. The van der Waals surface area contributed by atoms with E-state index in [0.717, 1.165) is 5.56 Å². The fourth-order valence-electron chi connectivity index (χ4n) is 1.74. The molecule has 4 heteroatoms. The number of ether oxygens (including phenoxy) is 2. The van der Waals surface area contributed by atoms with Crippen molar-refractivity contribution in [1.29, 1.82) is 0 Å². The van der Waals surface area contributed by atoms with Crippen molar-refractivity contribution in [2.75, 3.05) is 7.11 Å². The lowest BCUT2D eigenvalue weighted by molar-refractivity contribution is 0.273. The summed E-state index contributed by atoms with van der Waals surface area (Å²) >= 11 is 5.77. The number of alkyl halides is 1. The topological polar surface area (TPSA) is 35.5 Å². The minimum atomic E-state index is -0.457. The van der Waals surface area contributed by atoms with E-state index in [1.807, 2.05) is 30.2 Å². The fourth-order valence-corrected chi connectivity index (χ4v) is 1.90. The van der Waals surface area contributed by atoms with Gasteiger partial charge in [-0.05, 0) is 35.9 Å². The van der Waals surface area contributed by atoms with Crippen LogP contribution in [0.5, 0.6) is 5.75 Å². The van der Waals surface area contributed by atoms with Gasteiger partial charge in [0.05, 0.1) is 12.7 Å². The van der Waals surface area contributed by atoms with Gasteiger partial charge in [-0.2, -0.15) is 0 Å². The van der Waals surface area contributed by atoms with Crippen molar-refractivity contribution in [2.24, 2.45) is 0 Å². The Morgan fingerprint density at radius 3 is 2.95 bits per heavy atom. The second kappa shape index (κ2) is 6.28. The highest BCUT2D eigenvalue weighted by Crippen LogP contribution is 2.22. The SMILES string of the molecule is COC1=CC(=C=O)C(Oc2cccc(CCl)c2)C=C1. The van der Waals surface area contributed by atoms with Gasteiger partial charge in [0.2, 0.25) is 0 Å². The molecule has 2 rings (SSSR count). The van der Waals surface area contributed by atoms with Crippen molar-refractivity contribution in [3.63, 3.8) is 0 Å². The van der Waals surface area contributed by atoms with E-state index in [1.165, 1.54) is 0 Å². The zero-order valence-electron chi connectivity index (χ0n) is 10.4. The first-order chi connectivity index (χ1) is 9.26. The van der Waals surface area contributed by atoms with Crippen molar-refractivity contribution < 1.29 is 14.3 Å². The highest BCUT2D eigenvalue weighted by Gasteiger charge is 2.17. The van der Waals surface area contributed by atoms with Crippen LogP contribution in [0, 0.1) is 0 Å². The minimum absolute atomic E-state index is 0.399. The van der Waals surface area contributed by atoms with Crippen LogP contribution >= 0.6 is 11.6 Å². The third-order valence-electron chi connectivity index (χ3n) is 2.71. The number of rotatable bonds is 4. The fraction of sp³-hybridized carbons (Fsp3) is 0.200. The van der Waals surface area contributed by atoms with Crippen molar-refractivity contribution >= 4 is 17.5 Å². The van der Waals surface area contributed by atoms with Gasteiger partial charge in [0, 0.05) is 5.88 Å². The van der Waals surface area contributed by atoms with E-state index >= 15 is 0 Å². The van der Waals surface area contributed by atoms with Crippen LogP contribution in [-0.2, 0) is 15.4 Å². The zero-order valence-corrected chi connectivity index (χ0v) is 11.2. The zero-order chi connectivity index (χ0) is 13.7. The Kier molecular flexibility index (Phi) is 4.45. The lowest BCUT2D eigenvalue weighted by Gasteiger charge is -2.18. The molecule has 98 valence electrons. The number of methoxy groups -OCH3 is 1. The molecule has 1 aliphatic carbocycles. The molecule has 0 N–H and O–H groups in total. The smallest absolute Gasteiger partial charge is 0.153 e. The molecule has 1 aromatic carbocycles. The maximum atomic E-state index is 10.9. The molecular weight excluding hydrogens is 264 g/mol. The molecule has 0 fully saturated rings. The molecule has 0 heterocycles. The van der Waals surface area contributed by atoms with Gasteiger partial charge in [0.15, 0.2) is 6.10 Å². The summed E-state index contributed by atoms with van der Waals surface area (Å²) in [5.41, 5.74) is 1.36. The molecule has 0 radical (unpaired) electrons. The quantitative estimate of drug-likeness (QED) is 0.626. The van der Waals surface area contributed by atoms with Gasteiger partial charge in [0.25, 0.3) is 0 Å². The summed E-state index contributed by atoms with van der Waals surface area (Å²) in [5, 5.41) is 0. The van der Waals surface area contributed by atoms with E-state index < -0.39 is 6.10 Å². The molecule has 1 atom stereocenters. The van der Waals surface area contributed by atoms with E-state index in [0.29, 0.717) is 23.0 Å². The van der Waals surface area contributed by atoms with E-state index in [4.69, 9.17) is 21.1 Å². The molecule has 0 saturated carbocycles. The van der Waals surface area contributed by atoms with Crippen molar-refractivity contribution in [1.82, 2.24) is 0 Å². The number of benzene rings is 1. The summed E-state index contributed by atoms with van der Waals surface area (Å²) in [6.45, 7) is 0. The molecule has 1 aliphatic rings. The summed E-state index contributed by atoms with van der Waals surface area (Å²) in [4.78, 5) is 10.9. The Hall–Kier alpha value is -1.96. The molecule has 0 aliphatic heterocycles. The minimum Gasteiger partial charge on any atom is -0.497 e. The standard InChI is InChI=1S/C15H13ClO3/c1-18-13-5-6-15(12(8-13)10-17)19-14-4-2-3-11(7-14)9-16/h2-8,15H,9H2,1H3. The summed E-state index contributed by atoms with van der Waals surface area (Å²) in [7, 11) is 1.55. The Labute approximate surface area is 116 Å². The Morgan fingerprint density at radius 1 is 1.42 bits per heavy atom. The van der Waals surface area contributed by atoms with E-state index in [9.17, 15) is 4.79 Å². The molecule has 19 heavy (non-hydrogen) atoms. The highest BCUT2D eigenvalue weighted by molar-refractivity contribution is 6.17. The van der Waals surface area contributed by atoms with Crippen LogP contribution in [0.3, 0.4) is 0 Å². The van der Waals surface area contributed by atoms with Crippen molar-refractivity contribution in [3.8, 4) is 5.75 Å². The molecule has 0 amide bonds. The van der Waals surface area contributed by atoms with E-state index in [1.54, 1.807) is 25.3 Å². The normalized spacial score (nSPS) is 17.7. The lowest BCUT2D eigenvalue weighted by Crippen LogP contribution is -2.19. The maximum absolute atomic E-state index is 10.9. The Balaban J connectivity index is 2.17. The first kappa shape index (κ1) is 13.5.